The summed E-state index contributed by atoms with van der Waals surface area (Å²) in [4.78, 5) is 10.2. The Bertz CT molecular complexity index is 97.9. The Morgan fingerprint density at radius 1 is 1.86 bits per heavy atom. The van der Waals surface area contributed by atoms with E-state index in [0.29, 0.717) is 5.57 Å². The van der Waals surface area contributed by atoms with Crippen molar-refractivity contribution in [1.82, 2.24) is 0 Å². The van der Waals surface area contributed by atoms with Crippen LogP contribution in [0.1, 0.15) is 6.92 Å². The summed E-state index contributed by atoms with van der Waals surface area (Å²) in [5.41, 5.74) is 0.412. The SMILES string of the molecule is C=C(C)C(=O)[O][Al]. The van der Waals surface area contributed by atoms with Crippen molar-refractivity contribution in [3.8, 4) is 0 Å². The van der Waals surface area contributed by atoms with Crippen molar-refractivity contribution in [2.45, 2.75) is 6.92 Å². The van der Waals surface area contributed by atoms with Crippen LogP contribution in [0.25, 0.3) is 0 Å². The lowest BCUT2D eigenvalue weighted by atomic mass is 10.4. The van der Waals surface area contributed by atoms with Gasteiger partial charge in [0, 0.05) is 5.57 Å². The van der Waals surface area contributed by atoms with Crippen LogP contribution in [-0.4, -0.2) is 22.6 Å². The van der Waals surface area contributed by atoms with E-state index >= 15 is 0 Å². The minimum absolute atomic E-state index is 0.384. The molecule has 0 fully saturated rings. The molecule has 7 heavy (non-hydrogen) atoms. The molecule has 0 N–H and O–H groups in total. The Morgan fingerprint density at radius 3 is 2.29 bits per heavy atom. The summed E-state index contributed by atoms with van der Waals surface area (Å²) in [5, 5.41) is 0. The maximum atomic E-state index is 10.2. The van der Waals surface area contributed by atoms with Crippen LogP contribution in [0.2, 0.25) is 0 Å². The molecule has 0 rings (SSSR count). The third kappa shape index (κ3) is 2.44. The lowest BCUT2D eigenvalue weighted by Gasteiger charge is -1.95. The standard InChI is InChI=1S/C4H6O2.Al/c1-3(2)4(5)6;/h1H2,2H3,(H,5,6);/q;+1/p-1. The van der Waals surface area contributed by atoms with E-state index in [1.54, 1.807) is 6.92 Å². The predicted molar refractivity (Wildman–Crippen MR) is 26.7 cm³/mol. The molecule has 0 heterocycles. The van der Waals surface area contributed by atoms with E-state index in [0.717, 1.165) is 0 Å². The summed E-state index contributed by atoms with van der Waals surface area (Å²) >= 11 is 1.85. The molecule has 36 valence electrons. The van der Waals surface area contributed by atoms with E-state index in [-0.39, 0.29) is 5.97 Å². The zero-order chi connectivity index (χ0) is 5.86. The Labute approximate surface area is 50.9 Å². The molecule has 2 nitrogen and oxygen atoms in total. The summed E-state index contributed by atoms with van der Waals surface area (Å²) in [5.74, 6) is -0.384. The third-order valence-electron chi connectivity index (χ3n) is 0.455. The summed E-state index contributed by atoms with van der Waals surface area (Å²) < 4.78 is 4.19. The van der Waals surface area contributed by atoms with Gasteiger partial charge in [0.2, 0.25) is 0 Å². The highest BCUT2D eigenvalue weighted by atomic mass is 27.1. The Morgan fingerprint density at radius 2 is 2.29 bits per heavy atom. The maximum absolute atomic E-state index is 10.2. The van der Waals surface area contributed by atoms with Crippen molar-refractivity contribution in [3.05, 3.63) is 12.2 Å². The summed E-state index contributed by atoms with van der Waals surface area (Å²) in [6.07, 6.45) is 0. The average molecular weight is 112 g/mol. The molecule has 3 heteroatoms. The van der Waals surface area contributed by atoms with Gasteiger partial charge < -0.3 is 3.79 Å². The zero-order valence-corrected chi connectivity index (χ0v) is 5.26. The Hall–Kier alpha value is -0.258. The Balaban J connectivity index is 3.58. The van der Waals surface area contributed by atoms with Gasteiger partial charge in [0.25, 0.3) is 5.97 Å². The highest BCUT2D eigenvalue weighted by Crippen LogP contribution is 1.86. The fourth-order valence-corrected chi connectivity index (χ4v) is 0.302. The van der Waals surface area contributed by atoms with Crippen LogP contribution in [0.15, 0.2) is 12.2 Å². The number of hydrogen-bond donors (Lipinski definition) is 0. The number of hydrogen-bond acceptors (Lipinski definition) is 2. The summed E-state index contributed by atoms with van der Waals surface area (Å²) in [6, 6.07) is 0. The summed E-state index contributed by atoms with van der Waals surface area (Å²) in [7, 11) is 0. The van der Waals surface area contributed by atoms with Crippen molar-refractivity contribution in [1.29, 1.82) is 0 Å². The van der Waals surface area contributed by atoms with Gasteiger partial charge in [0.1, 0.15) is 0 Å². The number of carbonyl (C=O) groups is 1. The van der Waals surface area contributed by atoms with Gasteiger partial charge >= 0.3 is 16.6 Å². The molecular formula is C4H5AlO2. The highest BCUT2D eigenvalue weighted by molar-refractivity contribution is 6.08. The van der Waals surface area contributed by atoms with Crippen molar-refractivity contribution < 1.29 is 8.58 Å². The van der Waals surface area contributed by atoms with Crippen LogP contribution in [0.3, 0.4) is 0 Å². The summed E-state index contributed by atoms with van der Waals surface area (Å²) in [6.45, 7) is 4.93. The predicted octanol–water partition coefficient (Wildman–Crippen LogP) is 0.189. The Kier molecular flexibility index (Phi) is 2.74. The molecule has 0 amide bonds. The van der Waals surface area contributed by atoms with Crippen molar-refractivity contribution in [2.75, 3.05) is 0 Å². The molecule has 0 bridgehead atoms. The van der Waals surface area contributed by atoms with Crippen LogP contribution >= 0.6 is 0 Å². The molecular weight excluding hydrogens is 107 g/mol. The first-order chi connectivity index (χ1) is 3.18. The van der Waals surface area contributed by atoms with Gasteiger partial charge in [-0.3, -0.25) is 4.79 Å². The second-order valence-electron chi connectivity index (χ2n) is 1.19. The second-order valence-corrected chi connectivity index (χ2v) is 1.42. The molecule has 0 aromatic heterocycles. The van der Waals surface area contributed by atoms with Gasteiger partial charge in [-0.1, -0.05) is 6.58 Å². The first-order valence-electron chi connectivity index (χ1n) is 1.75. The molecule has 0 aliphatic heterocycles. The van der Waals surface area contributed by atoms with E-state index in [9.17, 15) is 4.79 Å². The first kappa shape index (κ1) is 6.74. The van der Waals surface area contributed by atoms with Gasteiger partial charge in [-0.05, 0) is 6.92 Å². The van der Waals surface area contributed by atoms with E-state index in [1.165, 1.54) is 0 Å². The molecule has 0 aliphatic rings. The molecule has 0 aromatic carbocycles. The molecule has 0 aromatic rings. The first-order valence-corrected chi connectivity index (χ1v) is 2.22. The quantitative estimate of drug-likeness (QED) is 0.357. The van der Waals surface area contributed by atoms with Gasteiger partial charge in [0.15, 0.2) is 0 Å². The van der Waals surface area contributed by atoms with E-state index in [4.69, 9.17) is 0 Å². The van der Waals surface area contributed by atoms with Crippen LogP contribution in [0.5, 0.6) is 0 Å². The third-order valence-corrected chi connectivity index (χ3v) is 0.670. The molecule has 0 saturated carbocycles. The fraction of sp³-hybridized carbons (Fsp3) is 0.250. The minimum Gasteiger partial charge on any atom is -0.625 e. The number of rotatable bonds is 1. The molecule has 0 aliphatic carbocycles. The van der Waals surface area contributed by atoms with E-state index in [2.05, 4.69) is 10.4 Å². The van der Waals surface area contributed by atoms with Crippen molar-refractivity contribution in [2.24, 2.45) is 0 Å². The van der Waals surface area contributed by atoms with Crippen LogP contribution in [0.4, 0.5) is 0 Å². The smallest absolute Gasteiger partial charge is 0.485 e. The average Bonchev–Trinajstić information content (AvgIpc) is 1.65. The van der Waals surface area contributed by atoms with Gasteiger partial charge in [-0.25, -0.2) is 0 Å². The van der Waals surface area contributed by atoms with Gasteiger partial charge in [-0.15, -0.1) is 0 Å². The monoisotopic (exact) mass is 112 g/mol. The maximum Gasteiger partial charge on any atom is 0.485 e. The zero-order valence-electron chi connectivity index (χ0n) is 4.10. The van der Waals surface area contributed by atoms with Crippen LogP contribution < -0.4 is 0 Å². The lowest BCUT2D eigenvalue weighted by molar-refractivity contribution is -0.129. The fourth-order valence-electron chi connectivity index (χ4n) is 0.101. The van der Waals surface area contributed by atoms with Crippen LogP contribution in [0, 0.1) is 0 Å². The molecule has 0 spiro atoms. The molecule has 0 saturated heterocycles. The molecule has 0 atom stereocenters. The topological polar surface area (TPSA) is 26.3 Å². The van der Waals surface area contributed by atoms with Gasteiger partial charge in [0.05, 0.1) is 0 Å². The van der Waals surface area contributed by atoms with E-state index < -0.39 is 0 Å². The van der Waals surface area contributed by atoms with Crippen molar-refractivity contribution in [3.63, 3.8) is 0 Å². The largest absolute Gasteiger partial charge is 0.625 e. The van der Waals surface area contributed by atoms with Gasteiger partial charge in [-0.2, -0.15) is 0 Å². The lowest BCUT2D eigenvalue weighted by Crippen LogP contribution is -2.00. The molecule has 0 unspecified atom stereocenters. The van der Waals surface area contributed by atoms with E-state index in [1.807, 2.05) is 16.6 Å². The van der Waals surface area contributed by atoms with Crippen LogP contribution in [-0.2, 0) is 8.58 Å². The normalized spacial score (nSPS) is 7.57. The number of carbonyl (C=O) groups excluding carboxylic acids is 1. The second kappa shape index (κ2) is 2.84. The molecule has 2 radical (unpaired) electrons. The highest BCUT2D eigenvalue weighted by Gasteiger charge is 1.93. The van der Waals surface area contributed by atoms with Crippen molar-refractivity contribution >= 4 is 22.6 Å². The minimum atomic E-state index is -0.384.